The Balaban J connectivity index is 1.46. The van der Waals surface area contributed by atoms with E-state index in [-0.39, 0.29) is 11.8 Å². The van der Waals surface area contributed by atoms with Crippen LogP contribution in [0.3, 0.4) is 0 Å². The summed E-state index contributed by atoms with van der Waals surface area (Å²) in [6.45, 7) is 1.74. The standard InChI is InChI=1S/C22H22N4O3/c1-15-23-21(26-29-15)22(13-5-6-14-22)25-20(28)17-9-11-18(12-10-17)24-19(27)16-7-3-2-4-8-16/h2-4,7-12H,5-6,13-14H2,1H3,(H,24,27)(H,25,28). The summed E-state index contributed by atoms with van der Waals surface area (Å²) >= 11 is 0. The second kappa shape index (κ2) is 7.87. The zero-order valence-electron chi connectivity index (χ0n) is 16.1. The van der Waals surface area contributed by atoms with Gasteiger partial charge in [0.1, 0.15) is 5.54 Å². The van der Waals surface area contributed by atoms with Gasteiger partial charge in [0.25, 0.3) is 11.8 Å². The fraction of sp³-hybridized carbons (Fsp3) is 0.273. The Kier molecular flexibility index (Phi) is 5.12. The van der Waals surface area contributed by atoms with E-state index >= 15 is 0 Å². The molecule has 1 aliphatic carbocycles. The Morgan fingerprint density at radius 1 is 0.931 bits per heavy atom. The fourth-order valence-electron chi connectivity index (χ4n) is 3.66. The van der Waals surface area contributed by atoms with Crippen molar-refractivity contribution in [1.29, 1.82) is 0 Å². The highest BCUT2D eigenvalue weighted by molar-refractivity contribution is 6.04. The maximum Gasteiger partial charge on any atom is 0.255 e. The van der Waals surface area contributed by atoms with Gasteiger partial charge in [-0.2, -0.15) is 4.98 Å². The highest BCUT2D eigenvalue weighted by Gasteiger charge is 2.41. The van der Waals surface area contributed by atoms with E-state index in [9.17, 15) is 9.59 Å². The normalized spacial score (nSPS) is 15.1. The molecule has 2 amide bonds. The molecule has 0 aliphatic heterocycles. The van der Waals surface area contributed by atoms with Crippen LogP contribution in [0.25, 0.3) is 0 Å². The van der Waals surface area contributed by atoms with Crippen molar-refractivity contribution < 1.29 is 14.1 Å². The van der Waals surface area contributed by atoms with Crippen LogP contribution in [0.5, 0.6) is 0 Å². The molecule has 1 aromatic heterocycles. The van der Waals surface area contributed by atoms with Gasteiger partial charge < -0.3 is 15.2 Å². The number of rotatable bonds is 5. The number of carbonyl (C=O) groups is 2. The molecular weight excluding hydrogens is 368 g/mol. The summed E-state index contributed by atoms with van der Waals surface area (Å²) < 4.78 is 5.13. The van der Waals surface area contributed by atoms with Gasteiger partial charge in [0, 0.05) is 23.7 Å². The number of nitrogens with zero attached hydrogens (tertiary/aromatic N) is 2. The first-order valence-corrected chi connectivity index (χ1v) is 9.65. The second-order valence-corrected chi connectivity index (χ2v) is 7.28. The zero-order valence-corrected chi connectivity index (χ0v) is 16.1. The van der Waals surface area contributed by atoms with Gasteiger partial charge in [-0.3, -0.25) is 9.59 Å². The molecule has 1 heterocycles. The molecule has 29 heavy (non-hydrogen) atoms. The molecule has 1 aliphatic rings. The Morgan fingerprint density at radius 3 is 2.21 bits per heavy atom. The van der Waals surface area contributed by atoms with E-state index < -0.39 is 5.54 Å². The van der Waals surface area contributed by atoms with E-state index in [1.165, 1.54) is 0 Å². The highest BCUT2D eigenvalue weighted by atomic mass is 16.5. The fourth-order valence-corrected chi connectivity index (χ4v) is 3.66. The lowest BCUT2D eigenvalue weighted by molar-refractivity contribution is 0.0891. The van der Waals surface area contributed by atoms with E-state index in [1.54, 1.807) is 43.3 Å². The number of hydrogen-bond acceptors (Lipinski definition) is 5. The molecular formula is C22H22N4O3. The molecule has 0 bridgehead atoms. The highest BCUT2D eigenvalue weighted by Crippen LogP contribution is 2.37. The van der Waals surface area contributed by atoms with Crippen LogP contribution in [0, 0.1) is 6.92 Å². The van der Waals surface area contributed by atoms with Gasteiger partial charge in [0.2, 0.25) is 5.89 Å². The number of nitrogens with one attached hydrogen (secondary N) is 2. The number of aryl methyl sites for hydroxylation is 1. The molecule has 1 fully saturated rings. The Hall–Kier alpha value is -3.48. The molecule has 0 atom stereocenters. The summed E-state index contributed by atoms with van der Waals surface area (Å²) in [4.78, 5) is 29.5. The van der Waals surface area contributed by atoms with Gasteiger partial charge in [0.05, 0.1) is 0 Å². The third-order valence-electron chi connectivity index (χ3n) is 5.21. The van der Waals surface area contributed by atoms with Gasteiger partial charge in [-0.15, -0.1) is 0 Å². The number of benzene rings is 2. The third kappa shape index (κ3) is 4.03. The van der Waals surface area contributed by atoms with Gasteiger partial charge in [0.15, 0.2) is 5.82 Å². The monoisotopic (exact) mass is 390 g/mol. The van der Waals surface area contributed by atoms with Gasteiger partial charge in [-0.25, -0.2) is 0 Å². The van der Waals surface area contributed by atoms with Crippen molar-refractivity contribution in [3.63, 3.8) is 0 Å². The molecule has 0 spiro atoms. The molecule has 148 valence electrons. The number of aromatic nitrogens is 2. The molecule has 3 aromatic rings. The maximum absolute atomic E-state index is 12.9. The first-order valence-electron chi connectivity index (χ1n) is 9.65. The number of amides is 2. The minimum atomic E-state index is -0.588. The van der Waals surface area contributed by atoms with Crippen LogP contribution in [0.2, 0.25) is 0 Å². The van der Waals surface area contributed by atoms with Crippen molar-refractivity contribution >= 4 is 17.5 Å². The molecule has 4 rings (SSSR count). The topological polar surface area (TPSA) is 97.1 Å². The number of hydrogen-bond donors (Lipinski definition) is 2. The van der Waals surface area contributed by atoms with Crippen LogP contribution < -0.4 is 10.6 Å². The first-order chi connectivity index (χ1) is 14.1. The van der Waals surface area contributed by atoms with E-state index in [1.807, 2.05) is 18.2 Å². The van der Waals surface area contributed by atoms with Crippen LogP contribution in [0.1, 0.15) is 58.1 Å². The van der Waals surface area contributed by atoms with Crippen molar-refractivity contribution in [3.05, 3.63) is 77.4 Å². The van der Waals surface area contributed by atoms with Gasteiger partial charge in [-0.1, -0.05) is 36.2 Å². The summed E-state index contributed by atoms with van der Waals surface area (Å²) in [6.07, 6.45) is 3.56. The van der Waals surface area contributed by atoms with Crippen molar-refractivity contribution in [1.82, 2.24) is 15.5 Å². The molecule has 2 aromatic carbocycles. The largest absolute Gasteiger partial charge is 0.340 e. The third-order valence-corrected chi connectivity index (χ3v) is 5.21. The SMILES string of the molecule is Cc1nc(C2(NC(=O)c3ccc(NC(=O)c4ccccc4)cc3)CCCC2)no1. The predicted molar refractivity (Wildman–Crippen MR) is 107 cm³/mol. The minimum absolute atomic E-state index is 0.194. The summed E-state index contributed by atoms with van der Waals surface area (Å²) in [5.74, 6) is 0.627. The molecule has 2 N–H and O–H groups in total. The van der Waals surface area contributed by atoms with Crippen molar-refractivity contribution in [3.8, 4) is 0 Å². The Labute approximate surface area is 168 Å². The van der Waals surface area contributed by atoms with Crippen molar-refractivity contribution in [2.24, 2.45) is 0 Å². The van der Waals surface area contributed by atoms with E-state index in [0.717, 1.165) is 25.7 Å². The first kappa shape index (κ1) is 18.9. The van der Waals surface area contributed by atoms with Crippen molar-refractivity contribution in [2.45, 2.75) is 38.1 Å². The van der Waals surface area contributed by atoms with Crippen LogP contribution in [0.4, 0.5) is 5.69 Å². The van der Waals surface area contributed by atoms with E-state index in [0.29, 0.717) is 28.5 Å². The number of carbonyl (C=O) groups excluding carboxylic acids is 2. The average molecular weight is 390 g/mol. The molecule has 7 heteroatoms. The Bertz CT molecular complexity index is 1010. The summed E-state index contributed by atoms with van der Waals surface area (Å²) in [5.41, 5.74) is 1.12. The van der Waals surface area contributed by atoms with Crippen LogP contribution in [-0.4, -0.2) is 22.0 Å². The predicted octanol–water partition coefficient (Wildman–Crippen LogP) is 3.83. The number of anilines is 1. The average Bonchev–Trinajstić information content (AvgIpc) is 3.39. The van der Waals surface area contributed by atoms with Crippen LogP contribution >= 0.6 is 0 Å². The summed E-state index contributed by atoms with van der Waals surface area (Å²) in [5, 5.41) is 9.99. The molecule has 0 saturated heterocycles. The Morgan fingerprint density at radius 2 is 1.59 bits per heavy atom. The lowest BCUT2D eigenvalue weighted by Gasteiger charge is -2.26. The lowest BCUT2D eigenvalue weighted by atomic mass is 9.96. The quantitative estimate of drug-likeness (QED) is 0.690. The lowest BCUT2D eigenvalue weighted by Crippen LogP contribution is -2.44. The maximum atomic E-state index is 12.9. The molecule has 0 radical (unpaired) electrons. The van der Waals surface area contributed by atoms with Crippen molar-refractivity contribution in [2.75, 3.05) is 5.32 Å². The van der Waals surface area contributed by atoms with Gasteiger partial charge >= 0.3 is 0 Å². The van der Waals surface area contributed by atoms with E-state index in [2.05, 4.69) is 20.8 Å². The van der Waals surface area contributed by atoms with Crippen LogP contribution in [-0.2, 0) is 5.54 Å². The molecule has 0 unspecified atom stereocenters. The zero-order chi connectivity index (χ0) is 20.3. The smallest absolute Gasteiger partial charge is 0.255 e. The minimum Gasteiger partial charge on any atom is -0.340 e. The van der Waals surface area contributed by atoms with Gasteiger partial charge in [-0.05, 0) is 49.2 Å². The van der Waals surface area contributed by atoms with Crippen LogP contribution in [0.15, 0.2) is 59.1 Å². The summed E-state index contributed by atoms with van der Waals surface area (Å²) in [6, 6.07) is 15.8. The molecule has 1 saturated carbocycles. The second-order valence-electron chi connectivity index (χ2n) is 7.28. The molecule has 7 nitrogen and oxygen atoms in total. The van der Waals surface area contributed by atoms with E-state index in [4.69, 9.17) is 4.52 Å². The summed E-state index contributed by atoms with van der Waals surface area (Å²) in [7, 11) is 0.